The highest BCUT2D eigenvalue weighted by atomic mass is 35.5. The first-order valence-corrected chi connectivity index (χ1v) is 6.43. The summed E-state index contributed by atoms with van der Waals surface area (Å²) in [5, 5.41) is 5.63. The average molecular weight is 282 g/mol. The largest absolute Gasteiger partial charge is 0.355 e. The zero-order valence-corrected chi connectivity index (χ0v) is 11.4. The Hall–Kier alpha value is -1.59. The number of hydrogen-bond acceptors (Lipinski definition) is 3. The number of rotatable bonds is 4. The van der Waals surface area contributed by atoms with E-state index in [4.69, 9.17) is 17.3 Å². The van der Waals surface area contributed by atoms with Crippen LogP contribution in [0.4, 0.5) is 5.69 Å². The average Bonchev–Trinajstić information content (AvgIpc) is 3.21. The van der Waals surface area contributed by atoms with Crippen LogP contribution in [0, 0.1) is 5.41 Å². The van der Waals surface area contributed by atoms with Crippen LogP contribution in [0.5, 0.6) is 0 Å². The van der Waals surface area contributed by atoms with Gasteiger partial charge in [0, 0.05) is 19.3 Å². The van der Waals surface area contributed by atoms with Gasteiger partial charge in [0.15, 0.2) is 0 Å². The van der Waals surface area contributed by atoms with Crippen molar-refractivity contribution in [1.29, 1.82) is 0 Å². The molecule has 102 valence electrons. The van der Waals surface area contributed by atoms with Crippen molar-refractivity contribution in [2.45, 2.75) is 12.8 Å². The summed E-state index contributed by atoms with van der Waals surface area (Å²) in [6.45, 7) is 0.342. The first kappa shape index (κ1) is 13.8. The molecule has 4 N–H and O–H groups in total. The van der Waals surface area contributed by atoms with Crippen LogP contribution in [-0.4, -0.2) is 25.4 Å². The highest BCUT2D eigenvalue weighted by molar-refractivity contribution is 6.34. The lowest BCUT2D eigenvalue weighted by Crippen LogP contribution is -2.31. The molecule has 0 heterocycles. The second kappa shape index (κ2) is 5.19. The third-order valence-corrected chi connectivity index (χ3v) is 3.75. The van der Waals surface area contributed by atoms with E-state index in [1.807, 2.05) is 0 Å². The molecule has 0 radical (unpaired) electrons. The Kier molecular flexibility index (Phi) is 3.78. The van der Waals surface area contributed by atoms with Crippen molar-refractivity contribution in [2.24, 2.45) is 11.1 Å². The molecule has 1 aliphatic carbocycles. The van der Waals surface area contributed by atoms with E-state index in [0.717, 1.165) is 12.8 Å². The Morgan fingerprint density at radius 1 is 1.42 bits per heavy atom. The molecule has 1 fully saturated rings. The van der Waals surface area contributed by atoms with Gasteiger partial charge >= 0.3 is 0 Å². The molecule has 5 nitrogen and oxygen atoms in total. The second-order valence-electron chi connectivity index (χ2n) is 4.71. The van der Waals surface area contributed by atoms with Crippen LogP contribution in [0.2, 0.25) is 5.02 Å². The van der Waals surface area contributed by atoms with Gasteiger partial charge in [-0.2, -0.15) is 0 Å². The fourth-order valence-electron chi connectivity index (χ4n) is 1.85. The van der Waals surface area contributed by atoms with Gasteiger partial charge in [0.1, 0.15) is 0 Å². The van der Waals surface area contributed by atoms with E-state index >= 15 is 0 Å². The maximum atomic E-state index is 12.0. The van der Waals surface area contributed by atoms with Crippen molar-refractivity contribution in [2.75, 3.05) is 18.9 Å². The minimum atomic E-state index is -0.424. The van der Waals surface area contributed by atoms with E-state index in [2.05, 4.69) is 10.6 Å². The molecule has 0 atom stereocenters. The number of nitrogens with two attached hydrogens (primary N) is 1. The standard InChI is InChI=1S/C13H16ClN3O2/c1-16-11(18)9-6-8(2-3-10(9)14)17-12(19)13(7-15)4-5-13/h2-3,6H,4-5,7,15H2,1H3,(H,16,18)(H,17,19). The normalized spacial score (nSPS) is 15.7. The summed E-state index contributed by atoms with van der Waals surface area (Å²) in [5.41, 5.74) is 6.06. The Morgan fingerprint density at radius 3 is 2.63 bits per heavy atom. The van der Waals surface area contributed by atoms with Crippen molar-refractivity contribution in [3.63, 3.8) is 0 Å². The first-order valence-electron chi connectivity index (χ1n) is 6.05. The van der Waals surface area contributed by atoms with Crippen molar-refractivity contribution in [3.8, 4) is 0 Å². The zero-order valence-electron chi connectivity index (χ0n) is 10.6. The highest BCUT2D eigenvalue weighted by Crippen LogP contribution is 2.45. The van der Waals surface area contributed by atoms with Crippen LogP contribution in [-0.2, 0) is 4.79 Å². The summed E-state index contributed by atoms with van der Waals surface area (Å²) < 4.78 is 0. The first-order chi connectivity index (χ1) is 9.02. The number of halogens is 1. The number of nitrogens with one attached hydrogen (secondary N) is 2. The van der Waals surface area contributed by atoms with Crippen LogP contribution in [0.25, 0.3) is 0 Å². The molecule has 1 saturated carbocycles. The molecule has 0 saturated heterocycles. The van der Waals surface area contributed by atoms with Gasteiger partial charge in [-0.15, -0.1) is 0 Å². The predicted octanol–water partition coefficient (Wildman–Crippen LogP) is 1.38. The summed E-state index contributed by atoms with van der Waals surface area (Å²) >= 11 is 5.94. The predicted molar refractivity (Wildman–Crippen MR) is 74.2 cm³/mol. The number of anilines is 1. The van der Waals surface area contributed by atoms with E-state index < -0.39 is 5.41 Å². The Bertz CT molecular complexity index is 527. The number of carbonyl (C=O) groups is 2. The van der Waals surface area contributed by atoms with E-state index in [9.17, 15) is 9.59 Å². The van der Waals surface area contributed by atoms with Crippen molar-refractivity contribution in [1.82, 2.24) is 5.32 Å². The van der Waals surface area contributed by atoms with Crippen LogP contribution in [0.1, 0.15) is 23.2 Å². The van der Waals surface area contributed by atoms with Gasteiger partial charge in [-0.3, -0.25) is 9.59 Å². The molecule has 1 aromatic rings. The van der Waals surface area contributed by atoms with E-state index in [0.29, 0.717) is 22.8 Å². The molecule has 0 spiro atoms. The van der Waals surface area contributed by atoms with Crippen molar-refractivity contribution < 1.29 is 9.59 Å². The van der Waals surface area contributed by atoms with E-state index in [1.54, 1.807) is 18.2 Å². The van der Waals surface area contributed by atoms with Gasteiger partial charge in [0.05, 0.1) is 16.0 Å². The van der Waals surface area contributed by atoms with E-state index in [1.165, 1.54) is 7.05 Å². The molecular formula is C13H16ClN3O2. The molecule has 6 heteroatoms. The SMILES string of the molecule is CNC(=O)c1cc(NC(=O)C2(CN)CC2)ccc1Cl. The molecule has 19 heavy (non-hydrogen) atoms. The molecule has 0 unspecified atom stereocenters. The fourth-order valence-corrected chi connectivity index (χ4v) is 2.05. The number of carbonyl (C=O) groups excluding carboxylic acids is 2. The summed E-state index contributed by atoms with van der Waals surface area (Å²) in [6.07, 6.45) is 1.62. The molecule has 1 aliphatic rings. The molecule has 0 aliphatic heterocycles. The zero-order chi connectivity index (χ0) is 14.0. The summed E-state index contributed by atoms with van der Waals surface area (Å²) in [4.78, 5) is 23.6. The van der Waals surface area contributed by atoms with Gasteiger partial charge in [-0.25, -0.2) is 0 Å². The minimum absolute atomic E-state index is 0.0971. The molecule has 2 amide bonds. The summed E-state index contributed by atoms with van der Waals surface area (Å²) in [5.74, 6) is -0.388. The topological polar surface area (TPSA) is 84.2 Å². The van der Waals surface area contributed by atoms with E-state index in [-0.39, 0.29) is 11.8 Å². The van der Waals surface area contributed by atoms with Gasteiger partial charge in [0.25, 0.3) is 5.91 Å². The van der Waals surface area contributed by atoms with Crippen molar-refractivity contribution >= 4 is 29.1 Å². The lowest BCUT2D eigenvalue weighted by Gasteiger charge is -2.13. The maximum Gasteiger partial charge on any atom is 0.252 e. The number of benzene rings is 1. The Labute approximate surface area is 116 Å². The molecule has 0 bridgehead atoms. The lowest BCUT2D eigenvalue weighted by atomic mass is 10.1. The van der Waals surface area contributed by atoms with Gasteiger partial charge < -0.3 is 16.4 Å². The Morgan fingerprint density at radius 2 is 2.11 bits per heavy atom. The Balaban J connectivity index is 2.18. The van der Waals surface area contributed by atoms with Crippen LogP contribution in [0.3, 0.4) is 0 Å². The van der Waals surface area contributed by atoms with Gasteiger partial charge in [-0.1, -0.05) is 11.6 Å². The third-order valence-electron chi connectivity index (χ3n) is 3.42. The summed E-state index contributed by atoms with van der Waals surface area (Å²) in [6, 6.07) is 4.81. The van der Waals surface area contributed by atoms with Crippen LogP contribution >= 0.6 is 11.6 Å². The molecular weight excluding hydrogens is 266 g/mol. The third kappa shape index (κ3) is 2.72. The molecule has 1 aromatic carbocycles. The maximum absolute atomic E-state index is 12.0. The monoisotopic (exact) mass is 281 g/mol. The minimum Gasteiger partial charge on any atom is -0.355 e. The summed E-state index contributed by atoms with van der Waals surface area (Å²) in [7, 11) is 1.53. The fraction of sp³-hybridized carbons (Fsp3) is 0.385. The van der Waals surface area contributed by atoms with Gasteiger partial charge in [0.2, 0.25) is 5.91 Å². The van der Waals surface area contributed by atoms with Crippen molar-refractivity contribution in [3.05, 3.63) is 28.8 Å². The van der Waals surface area contributed by atoms with Crippen LogP contribution in [0.15, 0.2) is 18.2 Å². The molecule has 0 aromatic heterocycles. The number of hydrogen-bond donors (Lipinski definition) is 3. The smallest absolute Gasteiger partial charge is 0.252 e. The lowest BCUT2D eigenvalue weighted by molar-refractivity contribution is -0.120. The second-order valence-corrected chi connectivity index (χ2v) is 5.12. The highest BCUT2D eigenvalue weighted by Gasteiger charge is 2.48. The quantitative estimate of drug-likeness (QED) is 0.779. The van der Waals surface area contributed by atoms with Crippen LogP contribution < -0.4 is 16.4 Å². The number of amides is 2. The molecule has 2 rings (SSSR count). The van der Waals surface area contributed by atoms with Gasteiger partial charge in [-0.05, 0) is 31.0 Å².